The fourth-order valence-electron chi connectivity index (χ4n) is 2.57. The van der Waals surface area contributed by atoms with Crippen LogP contribution in [-0.2, 0) is 17.9 Å². The first-order valence-corrected chi connectivity index (χ1v) is 7.06. The summed E-state index contributed by atoms with van der Waals surface area (Å²) in [5, 5.41) is 4.64. The van der Waals surface area contributed by atoms with Gasteiger partial charge in [-0.15, -0.1) is 0 Å². The van der Waals surface area contributed by atoms with Crippen molar-refractivity contribution in [3.05, 3.63) is 65.4 Å². The van der Waals surface area contributed by atoms with E-state index in [0.29, 0.717) is 6.61 Å². The molecule has 0 unspecified atom stereocenters. The van der Waals surface area contributed by atoms with Crippen LogP contribution in [0.1, 0.15) is 16.9 Å². The summed E-state index contributed by atoms with van der Waals surface area (Å²) in [6.45, 7) is 3.39. The average molecular weight is 281 g/mol. The Morgan fingerprint density at radius 2 is 1.95 bits per heavy atom. The summed E-state index contributed by atoms with van der Waals surface area (Å²) in [7, 11) is 1.71. The number of ether oxygens (including phenoxy) is 1. The van der Waals surface area contributed by atoms with Crippen molar-refractivity contribution in [2.45, 2.75) is 20.1 Å². The number of benzene rings is 2. The van der Waals surface area contributed by atoms with Crippen LogP contribution in [0.25, 0.3) is 11.0 Å². The molecule has 0 atom stereocenters. The fraction of sp³-hybridized carbons (Fsp3) is 0.222. The smallest absolute Gasteiger partial charge is 0.134 e. The largest absolute Gasteiger partial charge is 0.461 e. The molecule has 0 saturated carbocycles. The zero-order valence-corrected chi connectivity index (χ0v) is 12.3. The van der Waals surface area contributed by atoms with Crippen LogP contribution in [0.4, 0.5) is 5.69 Å². The van der Waals surface area contributed by atoms with E-state index >= 15 is 0 Å². The molecule has 3 aromatic rings. The summed E-state index contributed by atoms with van der Waals surface area (Å²) in [6, 6.07) is 16.4. The maximum absolute atomic E-state index is 5.79. The Balaban J connectivity index is 1.80. The van der Waals surface area contributed by atoms with Crippen LogP contribution in [-0.4, -0.2) is 7.11 Å². The maximum atomic E-state index is 5.79. The molecule has 21 heavy (non-hydrogen) atoms. The molecule has 3 rings (SSSR count). The SMILES string of the molecule is COCc1cccc(NCc2c(C)oc3ccccc23)c1. The molecule has 0 radical (unpaired) electrons. The number of hydrogen-bond acceptors (Lipinski definition) is 3. The highest BCUT2D eigenvalue weighted by atomic mass is 16.5. The van der Waals surface area contributed by atoms with Crippen LogP contribution in [0.5, 0.6) is 0 Å². The molecular weight excluding hydrogens is 262 g/mol. The molecule has 0 fully saturated rings. The minimum Gasteiger partial charge on any atom is -0.461 e. The summed E-state index contributed by atoms with van der Waals surface area (Å²) in [5.74, 6) is 0.969. The quantitative estimate of drug-likeness (QED) is 0.747. The number of rotatable bonds is 5. The summed E-state index contributed by atoms with van der Waals surface area (Å²) in [6.07, 6.45) is 0. The first kappa shape index (κ1) is 13.7. The first-order chi connectivity index (χ1) is 10.3. The topological polar surface area (TPSA) is 34.4 Å². The summed E-state index contributed by atoms with van der Waals surface area (Å²) < 4.78 is 11.0. The molecule has 1 aromatic heterocycles. The molecule has 0 spiro atoms. The lowest BCUT2D eigenvalue weighted by molar-refractivity contribution is 0.185. The monoisotopic (exact) mass is 281 g/mol. The van der Waals surface area contributed by atoms with Crippen LogP contribution < -0.4 is 5.32 Å². The number of nitrogens with one attached hydrogen (secondary N) is 1. The van der Waals surface area contributed by atoms with Crippen molar-refractivity contribution in [3.8, 4) is 0 Å². The van der Waals surface area contributed by atoms with Gasteiger partial charge in [0.15, 0.2) is 0 Å². The number of anilines is 1. The van der Waals surface area contributed by atoms with E-state index in [9.17, 15) is 0 Å². The summed E-state index contributed by atoms with van der Waals surface area (Å²) in [5.41, 5.74) is 4.41. The molecule has 0 saturated heterocycles. The van der Waals surface area contributed by atoms with Crippen molar-refractivity contribution in [2.24, 2.45) is 0 Å². The third-order valence-corrected chi connectivity index (χ3v) is 3.61. The third-order valence-electron chi connectivity index (χ3n) is 3.61. The molecule has 1 heterocycles. The number of furan rings is 1. The Kier molecular flexibility index (Phi) is 3.93. The van der Waals surface area contributed by atoms with E-state index in [0.717, 1.165) is 29.1 Å². The second kappa shape index (κ2) is 6.02. The van der Waals surface area contributed by atoms with Gasteiger partial charge in [-0.3, -0.25) is 0 Å². The number of hydrogen-bond donors (Lipinski definition) is 1. The van der Waals surface area contributed by atoms with E-state index in [1.807, 2.05) is 31.2 Å². The van der Waals surface area contributed by atoms with Crippen LogP contribution >= 0.6 is 0 Å². The molecule has 3 heteroatoms. The number of para-hydroxylation sites is 1. The zero-order valence-electron chi connectivity index (χ0n) is 12.3. The first-order valence-electron chi connectivity index (χ1n) is 7.06. The van der Waals surface area contributed by atoms with Gasteiger partial charge >= 0.3 is 0 Å². The molecule has 108 valence electrons. The van der Waals surface area contributed by atoms with Crippen molar-refractivity contribution in [1.29, 1.82) is 0 Å². The second-order valence-corrected chi connectivity index (χ2v) is 5.12. The molecule has 0 aliphatic carbocycles. The average Bonchev–Trinajstić information content (AvgIpc) is 2.81. The minimum atomic E-state index is 0.628. The van der Waals surface area contributed by atoms with Gasteiger partial charge in [0.2, 0.25) is 0 Å². The molecule has 0 bridgehead atoms. The Bertz CT molecular complexity index is 746. The van der Waals surface area contributed by atoms with Crippen molar-refractivity contribution >= 4 is 16.7 Å². The van der Waals surface area contributed by atoms with Crippen molar-refractivity contribution in [2.75, 3.05) is 12.4 Å². The summed E-state index contributed by atoms with van der Waals surface area (Å²) in [4.78, 5) is 0. The lowest BCUT2D eigenvalue weighted by atomic mass is 10.1. The number of fused-ring (bicyclic) bond motifs is 1. The lowest BCUT2D eigenvalue weighted by Crippen LogP contribution is -2.00. The van der Waals surface area contributed by atoms with Gasteiger partial charge in [-0.1, -0.05) is 30.3 Å². The predicted molar refractivity (Wildman–Crippen MR) is 85.4 cm³/mol. The highest BCUT2D eigenvalue weighted by molar-refractivity contribution is 5.82. The van der Waals surface area contributed by atoms with E-state index in [4.69, 9.17) is 9.15 Å². The van der Waals surface area contributed by atoms with E-state index < -0.39 is 0 Å². The molecule has 3 nitrogen and oxygen atoms in total. The van der Waals surface area contributed by atoms with Gasteiger partial charge in [0.25, 0.3) is 0 Å². The Labute approximate surface area is 124 Å². The van der Waals surface area contributed by atoms with Crippen molar-refractivity contribution in [3.63, 3.8) is 0 Å². The zero-order chi connectivity index (χ0) is 14.7. The van der Waals surface area contributed by atoms with Gasteiger partial charge in [0.05, 0.1) is 6.61 Å². The van der Waals surface area contributed by atoms with Gasteiger partial charge in [-0.25, -0.2) is 0 Å². The fourth-order valence-corrected chi connectivity index (χ4v) is 2.57. The lowest BCUT2D eigenvalue weighted by Gasteiger charge is -2.08. The van der Waals surface area contributed by atoms with Crippen LogP contribution in [0, 0.1) is 6.92 Å². The number of methoxy groups -OCH3 is 1. The standard InChI is InChI=1S/C18H19NO2/c1-13-17(16-8-3-4-9-18(16)21-13)11-19-15-7-5-6-14(10-15)12-20-2/h3-10,19H,11-12H2,1-2H3. The molecule has 0 amide bonds. The third kappa shape index (κ3) is 2.93. The minimum absolute atomic E-state index is 0.628. The predicted octanol–water partition coefficient (Wildman–Crippen LogP) is 4.50. The van der Waals surface area contributed by atoms with Crippen molar-refractivity contribution < 1.29 is 9.15 Å². The highest BCUT2D eigenvalue weighted by Crippen LogP contribution is 2.26. The van der Waals surface area contributed by atoms with E-state index in [-0.39, 0.29) is 0 Å². The Morgan fingerprint density at radius 3 is 2.81 bits per heavy atom. The van der Waals surface area contributed by atoms with E-state index in [1.54, 1.807) is 7.11 Å². The van der Waals surface area contributed by atoms with Crippen molar-refractivity contribution in [1.82, 2.24) is 0 Å². The van der Waals surface area contributed by atoms with Gasteiger partial charge in [-0.2, -0.15) is 0 Å². The van der Waals surface area contributed by atoms with Crippen LogP contribution in [0.3, 0.4) is 0 Å². The second-order valence-electron chi connectivity index (χ2n) is 5.12. The molecule has 1 N–H and O–H groups in total. The number of aryl methyl sites for hydroxylation is 1. The Morgan fingerprint density at radius 1 is 1.10 bits per heavy atom. The van der Waals surface area contributed by atoms with Gasteiger partial charge in [-0.05, 0) is 30.7 Å². The molecule has 2 aromatic carbocycles. The van der Waals surface area contributed by atoms with Crippen LogP contribution in [0.2, 0.25) is 0 Å². The Hall–Kier alpha value is -2.26. The molecule has 0 aliphatic rings. The van der Waals surface area contributed by atoms with Gasteiger partial charge in [0, 0.05) is 30.3 Å². The molecular formula is C18H19NO2. The maximum Gasteiger partial charge on any atom is 0.134 e. The highest BCUT2D eigenvalue weighted by Gasteiger charge is 2.09. The van der Waals surface area contributed by atoms with E-state index in [2.05, 4.69) is 29.6 Å². The van der Waals surface area contributed by atoms with Gasteiger partial charge in [0.1, 0.15) is 11.3 Å². The normalized spacial score (nSPS) is 11.0. The van der Waals surface area contributed by atoms with Gasteiger partial charge < -0.3 is 14.5 Å². The van der Waals surface area contributed by atoms with E-state index in [1.165, 1.54) is 10.9 Å². The molecule has 0 aliphatic heterocycles. The summed E-state index contributed by atoms with van der Waals surface area (Å²) >= 11 is 0. The van der Waals surface area contributed by atoms with Crippen LogP contribution in [0.15, 0.2) is 52.9 Å².